The Morgan fingerprint density at radius 3 is 2.70 bits per heavy atom. The van der Waals surface area contributed by atoms with Crippen LogP contribution in [-0.2, 0) is 6.54 Å². The van der Waals surface area contributed by atoms with Crippen molar-refractivity contribution >= 4 is 21.9 Å². The number of halogens is 2. The van der Waals surface area contributed by atoms with E-state index in [4.69, 9.17) is 0 Å². The van der Waals surface area contributed by atoms with Gasteiger partial charge in [0.1, 0.15) is 5.82 Å². The molecule has 4 nitrogen and oxygen atoms in total. The number of likely N-dealkylation sites (tertiary alicyclic amines) is 1. The molecule has 1 fully saturated rings. The number of hydrogen-bond donors (Lipinski definition) is 2. The molecule has 0 aromatic heterocycles. The fourth-order valence-corrected chi connectivity index (χ4v) is 3.42. The van der Waals surface area contributed by atoms with Gasteiger partial charge in [0.2, 0.25) is 0 Å². The predicted molar refractivity (Wildman–Crippen MR) is 97.2 cm³/mol. The molecule has 1 aliphatic heterocycles. The highest BCUT2D eigenvalue weighted by molar-refractivity contribution is 9.10. The van der Waals surface area contributed by atoms with Crippen LogP contribution in [0.4, 0.5) is 4.39 Å². The summed E-state index contributed by atoms with van der Waals surface area (Å²) in [4.78, 5) is 6.79. The van der Waals surface area contributed by atoms with Crippen molar-refractivity contribution in [1.29, 1.82) is 0 Å². The van der Waals surface area contributed by atoms with Gasteiger partial charge in [-0.2, -0.15) is 0 Å². The van der Waals surface area contributed by atoms with E-state index in [-0.39, 0.29) is 5.82 Å². The number of guanidine groups is 1. The number of benzene rings is 1. The van der Waals surface area contributed by atoms with Crippen LogP contribution in [0, 0.1) is 5.82 Å². The minimum absolute atomic E-state index is 0.234. The lowest BCUT2D eigenvalue weighted by Gasteiger charge is -2.32. The highest BCUT2D eigenvalue weighted by atomic mass is 79.9. The summed E-state index contributed by atoms with van der Waals surface area (Å²) in [6.07, 6.45) is 3.48. The number of hydrogen-bond acceptors (Lipinski definition) is 2. The van der Waals surface area contributed by atoms with Crippen molar-refractivity contribution in [3.63, 3.8) is 0 Å². The Kier molecular flexibility index (Phi) is 7.30. The first kappa shape index (κ1) is 18.2. The van der Waals surface area contributed by atoms with Crippen molar-refractivity contribution in [3.05, 3.63) is 34.1 Å². The molecule has 1 aromatic carbocycles. The van der Waals surface area contributed by atoms with Crippen LogP contribution in [0.2, 0.25) is 0 Å². The monoisotopic (exact) mass is 384 g/mol. The largest absolute Gasteiger partial charge is 0.354 e. The van der Waals surface area contributed by atoms with Gasteiger partial charge in [0, 0.05) is 37.2 Å². The summed E-state index contributed by atoms with van der Waals surface area (Å²) in [6.45, 7) is 6.23. The average Bonchev–Trinajstić information content (AvgIpc) is 2.52. The normalized spacial score (nSPS) is 17.3. The van der Waals surface area contributed by atoms with Gasteiger partial charge in [-0.15, -0.1) is 0 Å². The predicted octanol–water partition coefficient (Wildman–Crippen LogP) is 3.13. The van der Waals surface area contributed by atoms with E-state index in [1.54, 1.807) is 7.05 Å². The van der Waals surface area contributed by atoms with Gasteiger partial charge in [0.15, 0.2) is 5.96 Å². The molecule has 6 heteroatoms. The van der Waals surface area contributed by atoms with Gasteiger partial charge in [0.05, 0.1) is 0 Å². The van der Waals surface area contributed by atoms with Crippen molar-refractivity contribution in [2.45, 2.75) is 38.8 Å². The number of nitrogens with zero attached hydrogens (tertiary/aromatic N) is 2. The minimum atomic E-state index is -0.234. The van der Waals surface area contributed by atoms with Crippen LogP contribution in [0.1, 0.15) is 31.7 Å². The molecular weight excluding hydrogens is 359 g/mol. The summed E-state index contributed by atoms with van der Waals surface area (Å²) in [7, 11) is 1.77. The molecule has 0 amide bonds. The van der Waals surface area contributed by atoms with Crippen molar-refractivity contribution in [1.82, 2.24) is 15.5 Å². The summed E-state index contributed by atoms with van der Waals surface area (Å²) in [5.74, 6) is 0.543. The van der Waals surface area contributed by atoms with Crippen LogP contribution in [0.3, 0.4) is 0 Å². The SMILES string of the molecule is CCCN1CCC(NC(=NC)NCc2cc(F)cc(Br)c2)CC1. The van der Waals surface area contributed by atoms with Crippen molar-refractivity contribution in [2.75, 3.05) is 26.7 Å². The van der Waals surface area contributed by atoms with Crippen molar-refractivity contribution in [2.24, 2.45) is 4.99 Å². The lowest BCUT2D eigenvalue weighted by atomic mass is 10.1. The van der Waals surface area contributed by atoms with Crippen LogP contribution in [0.15, 0.2) is 27.7 Å². The van der Waals surface area contributed by atoms with Crippen LogP contribution in [0.25, 0.3) is 0 Å². The molecule has 0 spiro atoms. The summed E-state index contributed by atoms with van der Waals surface area (Å²) < 4.78 is 14.1. The molecule has 1 saturated heterocycles. The fourth-order valence-electron chi connectivity index (χ4n) is 2.90. The first-order valence-electron chi connectivity index (χ1n) is 8.25. The molecule has 0 saturated carbocycles. The van der Waals surface area contributed by atoms with E-state index in [9.17, 15) is 4.39 Å². The molecule has 1 aromatic rings. The quantitative estimate of drug-likeness (QED) is 0.605. The molecule has 23 heavy (non-hydrogen) atoms. The molecule has 1 aliphatic rings. The van der Waals surface area contributed by atoms with E-state index in [2.05, 4.69) is 43.4 Å². The van der Waals surface area contributed by atoms with Crippen LogP contribution >= 0.6 is 15.9 Å². The molecule has 128 valence electrons. The highest BCUT2D eigenvalue weighted by Gasteiger charge is 2.19. The third kappa shape index (κ3) is 6.11. The van der Waals surface area contributed by atoms with Crippen LogP contribution < -0.4 is 10.6 Å². The molecule has 0 aliphatic carbocycles. The minimum Gasteiger partial charge on any atom is -0.354 e. The number of nitrogens with one attached hydrogen (secondary N) is 2. The summed E-state index contributed by atoms with van der Waals surface area (Å²) in [6, 6.07) is 5.36. The fraction of sp³-hybridized carbons (Fsp3) is 0.588. The van der Waals surface area contributed by atoms with E-state index in [0.717, 1.165) is 41.9 Å². The second kappa shape index (κ2) is 9.23. The van der Waals surface area contributed by atoms with Gasteiger partial charge >= 0.3 is 0 Å². The summed E-state index contributed by atoms with van der Waals surface area (Å²) >= 11 is 3.32. The maximum Gasteiger partial charge on any atom is 0.191 e. The lowest BCUT2D eigenvalue weighted by molar-refractivity contribution is 0.206. The van der Waals surface area contributed by atoms with Crippen molar-refractivity contribution < 1.29 is 4.39 Å². The Morgan fingerprint density at radius 1 is 1.35 bits per heavy atom. The Balaban J connectivity index is 1.80. The first-order chi connectivity index (χ1) is 11.1. The van der Waals surface area contributed by atoms with Gasteiger partial charge in [-0.3, -0.25) is 4.99 Å². The number of rotatable bonds is 5. The van der Waals surface area contributed by atoms with Crippen molar-refractivity contribution in [3.8, 4) is 0 Å². The lowest BCUT2D eigenvalue weighted by Crippen LogP contribution is -2.48. The average molecular weight is 385 g/mol. The standard InChI is InChI=1S/C17H26BrFN4/c1-3-6-23-7-4-16(5-8-23)22-17(20-2)21-12-13-9-14(18)11-15(19)10-13/h9-11,16H,3-8,12H2,1-2H3,(H2,20,21,22). The molecule has 2 rings (SSSR count). The second-order valence-corrected chi connectivity index (χ2v) is 6.88. The third-order valence-electron chi connectivity index (χ3n) is 4.07. The number of piperidine rings is 1. The Bertz CT molecular complexity index is 507. The highest BCUT2D eigenvalue weighted by Crippen LogP contribution is 2.15. The zero-order valence-electron chi connectivity index (χ0n) is 13.9. The molecular formula is C17H26BrFN4. The second-order valence-electron chi connectivity index (χ2n) is 5.96. The number of aliphatic imine (C=N–C) groups is 1. The molecule has 0 atom stereocenters. The Hall–Kier alpha value is -1.14. The van der Waals surface area contributed by atoms with E-state index >= 15 is 0 Å². The van der Waals surface area contributed by atoms with E-state index in [1.165, 1.54) is 25.1 Å². The van der Waals surface area contributed by atoms with E-state index < -0.39 is 0 Å². The van der Waals surface area contributed by atoms with E-state index in [1.807, 2.05) is 6.07 Å². The Labute approximate surface area is 146 Å². The third-order valence-corrected chi connectivity index (χ3v) is 4.53. The molecule has 0 unspecified atom stereocenters. The van der Waals surface area contributed by atoms with Crippen LogP contribution in [0.5, 0.6) is 0 Å². The zero-order valence-corrected chi connectivity index (χ0v) is 15.5. The molecule has 1 heterocycles. The molecule has 0 radical (unpaired) electrons. The maximum absolute atomic E-state index is 13.4. The molecule has 0 bridgehead atoms. The van der Waals surface area contributed by atoms with Gasteiger partial charge in [-0.25, -0.2) is 4.39 Å². The summed E-state index contributed by atoms with van der Waals surface area (Å²) in [5, 5.41) is 6.74. The molecule has 2 N–H and O–H groups in total. The topological polar surface area (TPSA) is 39.7 Å². The zero-order chi connectivity index (χ0) is 16.7. The van der Waals surface area contributed by atoms with Gasteiger partial charge in [-0.1, -0.05) is 22.9 Å². The van der Waals surface area contributed by atoms with Gasteiger partial charge in [0.25, 0.3) is 0 Å². The Morgan fingerprint density at radius 2 is 2.09 bits per heavy atom. The maximum atomic E-state index is 13.4. The summed E-state index contributed by atoms with van der Waals surface area (Å²) in [5.41, 5.74) is 0.887. The van der Waals surface area contributed by atoms with E-state index in [0.29, 0.717) is 12.6 Å². The van der Waals surface area contributed by atoms with Crippen LogP contribution in [-0.4, -0.2) is 43.6 Å². The first-order valence-corrected chi connectivity index (χ1v) is 9.04. The van der Waals surface area contributed by atoms with Gasteiger partial charge < -0.3 is 15.5 Å². The van der Waals surface area contributed by atoms with Gasteiger partial charge in [-0.05, 0) is 49.6 Å². The smallest absolute Gasteiger partial charge is 0.191 e.